The highest BCUT2D eigenvalue weighted by Gasteiger charge is 2.14. The van der Waals surface area contributed by atoms with Crippen LogP contribution in [0.4, 0.5) is 5.69 Å². The van der Waals surface area contributed by atoms with E-state index in [1.54, 1.807) is 0 Å². The third kappa shape index (κ3) is 4.29. The van der Waals surface area contributed by atoms with Gasteiger partial charge in [-0.2, -0.15) is 0 Å². The van der Waals surface area contributed by atoms with Gasteiger partial charge >= 0.3 is 0 Å². The quantitative estimate of drug-likeness (QED) is 0.853. The lowest BCUT2D eigenvalue weighted by molar-refractivity contribution is 0.504. The van der Waals surface area contributed by atoms with Crippen LogP contribution in [0, 0.1) is 5.92 Å². The Bertz CT molecular complexity index is 377. The van der Waals surface area contributed by atoms with E-state index in [0.29, 0.717) is 6.04 Å². The van der Waals surface area contributed by atoms with E-state index in [1.807, 2.05) is 7.05 Å². The van der Waals surface area contributed by atoms with Crippen molar-refractivity contribution in [3.05, 3.63) is 28.2 Å². The van der Waals surface area contributed by atoms with Crippen molar-refractivity contribution in [3.63, 3.8) is 0 Å². The van der Waals surface area contributed by atoms with E-state index in [1.165, 1.54) is 22.1 Å². The third-order valence-electron chi connectivity index (χ3n) is 3.25. The molecule has 1 rings (SSSR count). The van der Waals surface area contributed by atoms with Gasteiger partial charge in [-0.15, -0.1) is 0 Å². The number of nitrogens with zero attached hydrogens (tertiary/aromatic N) is 1. The number of hydrogen-bond acceptors (Lipinski definition) is 2. The summed E-state index contributed by atoms with van der Waals surface area (Å²) in [5.74, 6) is 0.727. The van der Waals surface area contributed by atoms with Crippen LogP contribution in [0.25, 0.3) is 0 Å². The lowest BCUT2D eigenvalue weighted by Gasteiger charge is -2.29. The predicted octanol–water partition coefficient (Wildman–Crippen LogP) is 4.04. The Morgan fingerprint density at radius 3 is 2.44 bits per heavy atom. The first kappa shape index (κ1) is 15.5. The Morgan fingerprint density at radius 2 is 1.94 bits per heavy atom. The zero-order valence-corrected chi connectivity index (χ0v) is 13.7. The van der Waals surface area contributed by atoms with Gasteiger partial charge < -0.3 is 10.2 Å². The number of anilines is 1. The zero-order chi connectivity index (χ0) is 13.7. The molecule has 0 aromatic heterocycles. The van der Waals surface area contributed by atoms with Crippen molar-refractivity contribution in [3.8, 4) is 0 Å². The number of hydrogen-bond donors (Lipinski definition) is 1. The molecule has 0 heterocycles. The van der Waals surface area contributed by atoms with Gasteiger partial charge in [0.15, 0.2) is 0 Å². The van der Waals surface area contributed by atoms with Crippen LogP contribution in [0.1, 0.15) is 32.8 Å². The van der Waals surface area contributed by atoms with Gasteiger partial charge in [0.1, 0.15) is 0 Å². The van der Waals surface area contributed by atoms with Gasteiger partial charge in [-0.25, -0.2) is 0 Å². The van der Waals surface area contributed by atoms with Crippen molar-refractivity contribution >= 4 is 21.6 Å². The summed E-state index contributed by atoms with van der Waals surface area (Å²) in [7, 11) is 4.14. The highest BCUT2D eigenvalue weighted by Crippen LogP contribution is 2.29. The molecule has 102 valence electrons. The standard InChI is InChI=1S/C15H25BrN2/c1-11(2)8-12(3)18(5)15-7-6-13(10-17-4)9-14(15)16/h6-7,9,11-12,17H,8,10H2,1-5H3. The van der Waals surface area contributed by atoms with Crippen LogP contribution in [0.3, 0.4) is 0 Å². The van der Waals surface area contributed by atoms with Gasteiger partial charge in [0.25, 0.3) is 0 Å². The largest absolute Gasteiger partial charge is 0.371 e. The van der Waals surface area contributed by atoms with Gasteiger partial charge in [-0.3, -0.25) is 0 Å². The number of halogens is 1. The van der Waals surface area contributed by atoms with E-state index >= 15 is 0 Å². The van der Waals surface area contributed by atoms with E-state index in [0.717, 1.165) is 12.5 Å². The fourth-order valence-electron chi connectivity index (χ4n) is 2.23. The minimum atomic E-state index is 0.552. The van der Waals surface area contributed by atoms with Crippen molar-refractivity contribution in [2.24, 2.45) is 5.92 Å². The number of rotatable bonds is 6. The molecule has 0 spiro atoms. The molecule has 0 saturated carbocycles. The van der Waals surface area contributed by atoms with Gasteiger partial charge in [0.05, 0.1) is 5.69 Å². The molecule has 0 saturated heterocycles. The molecule has 1 N–H and O–H groups in total. The summed E-state index contributed by atoms with van der Waals surface area (Å²) in [6.45, 7) is 7.74. The Labute approximate surface area is 120 Å². The van der Waals surface area contributed by atoms with Crippen LogP contribution in [-0.2, 0) is 6.54 Å². The number of nitrogens with one attached hydrogen (secondary N) is 1. The van der Waals surface area contributed by atoms with Crippen LogP contribution in [0.5, 0.6) is 0 Å². The van der Waals surface area contributed by atoms with Gasteiger partial charge in [0.2, 0.25) is 0 Å². The molecule has 0 aliphatic rings. The molecule has 0 radical (unpaired) electrons. The zero-order valence-electron chi connectivity index (χ0n) is 12.1. The molecule has 1 aromatic rings. The average molecular weight is 313 g/mol. The molecule has 2 nitrogen and oxygen atoms in total. The maximum atomic E-state index is 3.68. The molecule has 0 aliphatic carbocycles. The Hall–Kier alpha value is -0.540. The van der Waals surface area contributed by atoms with Crippen molar-refractivity contribution in [1.29, 1.82) is 0 Å². The van der Waals surface area contributed by atoms with Crippen molar-refractivity contribution in [1.82, 2.24) is 5.32 Å². The molecule has 3 heteroatoms. The second-order valence-electron chi connectivity index (χ2n) is 5.41. The van der Waals surface area contributed by atoms with Crippen LogP contribution < -0.4 is 10.2 Å². The molecular formula is C15H25BrN2. The average Bonchev–Trinajstić information content (AvgIpc) is 2.28. The van der Waals surface area contributed by atoms with Crippen LogP contribution in [0.2, 0.25) is 0 Å². The van der Waals surface area contributed by atoms with Crippen LogP contribution in [-0.4, -0.2) is 20.1 Å². The monoisotopic (exact) mass is 312 g/mol. The van der Waals surface area contributed by atoms with E-state index in [2.05, 4.69) is 72.2 Å². The molecule has 0 fully saturated rings. The maximum absolute atomic E-state index is 3.68. The molecule has 18 heavy (non-hydrogen) atoms. The van der Waals surface area contributed by atoms with Gasteiger partial charge in [-0.05, 0) is 59.9 Å². The third-order valence-corrected chi connectivity index (χ3v) is 3.88. The van der Waals surface area contributed by atoms with Crippen LogP contribution in [0.15, 0.2) is 22.7 Å². The summed E-state index contributed by atoms with van der Waals surface area (Å²) in [6.07, 6.45) is 1.21. The molecule has 0 amide bonds. The number of benzene rings is 1. The van der Waals surface area contributed by atoms with E-state index in [4.69, 9.17) is 0 Å². The van der Waals surface area contributed by atoms with Crippen molar-refractivity contribution in [2.45, 2.75) is 39.8 Å². The molecule has 0 aliphatic heterocycles. The lowest BCUT2D eigenvalue weighted by atomic mass is 10.0. The van der Waals surface area contributed by atoms with Gasteiger partial charge in [0, 0.05) is 24.1 Å². The normalized spacial score (nSPS) is 12.8. The Balaban J connectivity index is 2.82. The van der Waals surface area contributed by atoms with E-state index in [9.17, 15) is 0 Å². The first-order valence-corrected chi connectivity index (χ1v) is 7.40. The van der Waals surface area contributed by atoms with E-state index in [-0.39, 0.29) is 0 Å². The summed E-state index contributed by atoms with van der Waals surface area (Å²) in [4.78, 5) is 2.35. The second-order valence-corrected chi connectivity index (χ2v) is 6.26. The Morgan fingerprint density at radius 1 is 1.28 bits per heavy atom. The summed E-state index contributed by atoms with van der Waals surface area (Å²) in [5, 5.41) is 3.17. The van der Waals surface area contributed by atoms with Crippen LogP contribution >= 0.6 is 15.9 Å². The molecular weight excluding hydrogens is 288 g/mol. The fraction of sp³-hybridized carbons (Fsp3) is 0.600. The molecule has 1 unspecified atom stereocenters. The minimum absolute atomic E-state index is 0.552. The van der Waals surface area contributed by atoms with Gasteiger partial charge in [-0.1, -0.05) is 19.9 Å². The summed E-state index contributed by atoms with van der Waals surface area (Å²) >= 11 is 3.68. The summed E-state index contributed by atoms with van der Waals surface area (Å²) < 4.78 is 1.17. The highest BCUT2D eigenvalue weighted by atomic mass is 79.9. The molecule has 1 atom stereocenters. The highest BCUT2D eigenvalue weighted by molar-refractivity contribution is 9.10. The SMILES string of the molecule is CNCc1ccc(N(C)C(C)CC(C)C)c(Br)c1. The first-order chi connectivity index (χ1) is 8.45. The second kappa shape index (κ2) is 7.15. The fourth-order valence-corrected chi connectivity index (χ4v) is 2.93. The lowest BCUT2D eigenvalue weighted by Crippen LogP contribution is -2.30. The summed E-state index contributed by atoms with van der Waals surface area (Å²) in [5.41, 5.74) is 2.57. The molecule has 0 bridgehead atoms. The molecule has 1 aromatic carbocycles. The summed E-state index contributed by atoms with van der Waals surface area (Å²) in [6, 6.07) is 7.14. The first-order valence-electron chi connectivity index (χ1n) is 6.61. The maximum Gasteiger partial charge on any atom is 0.0510 e. The Kier molecular flexibility index (Phi) is 6.16. The van der Waals surface area contributed by atoms with Crippen molar-refractivity contribution < 1.29 is 0 Å². The smallest absolute Gasteiger partial charge is 0.0510 e. The predicted molar refractivity (Wildman–Crippen MR) is 84.2 cm³/mol. The van der Waals surface area contributed by atoms with Crippen molar-refractivity contribution in [2.75, 3.05) is 19.0 Å². The topological polar surface area (TPSA) is 15.3 Å². The van der Waals surface area contributed by atoms with E-state index < -0.39 is 0 Å². The minimum Gasteiger partial charge on any atom is -0.371 e.